The summed E-state index contributed by atoms with van der Waals surface area (Å²) in [5.41, 5.74) is 2.14. The molecule has 1 aliphatic rings. The van der Waals surface area contributed by atoms with Gasteiger partial charge in [0, 0.05) is 12.1 Å². The van der Waals surface area contributed by atoms with E-state index >= 15 is 0 Å². The van der Waals surface area contributed by atoms with E-state index in [0.717, 1.165) is 5.56 Å². The van der Waals surface area contributed by atoms with Crippen molar-refractivity contribution in [2.45, 2.75) is 25.5 Å². The lowest BCUT2D eigenvalue weighted by Gasteiger charge is -2.01. The molecular weight excluding hydrogens is 230 g/mol. The number of benzene rings is 1. The first-order valence-electron chi connectivity index (χ1n) is 6.04. The molecule has 0 amide bonds. The zero-order valence-electron chi connectivity index (χ0n) is 10.1. The van der Waals surface area contributed by atoms with Gasteiger partial charge in [-0.15, -0.1) is 0 Å². The van der Waals surface area contributed by atoms with Crippen molar-refractivity contribution in [1.29, 1.82) is 0 Å². The summed E-state index contributed by atoms with van der Waals surface area (Å²) in [6.07, 6.45) is 0.292. The van der Waals surface area contributed by atoms with Crippen LogP contribution in [0.3, 0.4) is 0 Å². The number of aliphatic hydroxyl groups is 1. The molecule has 1 aromatic carbocycles. The van der Waals surface area contributed by atoms with Crippen LogP contribution in [-0.2, 0) is 0 Å². The molecule has 0 saturated carbocycles. The smallest absolute Gasteiger partial charge is 0.244 e. The predicted octanol–water partition coefficient (Wildman–Crippen LogP) is 1.44. The fourth-order valence-corrected chi connectivity index (χ4v) is 2.10. The molecule has 1 aromatic heterocycles. The molecule has 0 bridgehead atoms. The Balaban J connectivity index is 1.83. The lowest BCUT2D eigenvalue weighted by atomic mass is 10.1. The van der Waals surface area contributed by atoms with Crippen LogP contribution in [0.15, 0.2) is 28.8 Å². The van der Waals surface area contributed by atoms with Gasteiger partial charge in [0.2, 0.25) is 11.7 Å². The molecule has 0 unspecified atom stereocenters. The number of aromatic nitrogens is 2. The first-order chi connectivity index (χ1) is 8.72. The van der Waals surface area contributed by atoms with Gasteiger partial charge < -0.3 is 14.9 Å². The molecule has 0 radical (unpaired) electrons. The van der Waals surface area contributed by atoms with Gasteiger partial charge in [0.05, 0.1) is 12.1 Å². The minimum atomic E-state index is -0.329. The number of hydrogen-bond acceptors (Lipinski definition) is 5. The fraction of sp³-hybridized carbons (Fsp3) is 0.385. The zero-order valence-corrected chi connectivity index (χ0v) is 10.1. The molecule has 0 spiro atoms. The lowest BCUT2D eigenvalue weighted by Crippen LogP contribution is -2.15. The Kier molecular flexibility index (Phi) is 2.85. The van der Waals surface area contributed by atoms with Crippen LogP contribution in [0, 0.1) is 6.92 Å². The summed E-state index contributed by atoms with van der Waals surface area (Å²) in [4.78, 5) is 4.38. The van der Waals surface area contributed by atoms with Crippen molar-refractivity contribution in [3.05, 3.63) is 35.7 Å². The van der Waals surface area contributed by atoms with E-state index in [9.17, 15) is 5.11 Å². The standard InChI is InChI=1S/C13H15N3O2/c1-8-2-4-9(5-3-8)12-15-13(18-16-12)11-6-10(17)7-14-11/h2-5,10-11,14,17H,6-7H2,1H3/t10-,11-/m0/s1. The van der Waals surface area contributed by atoms with Crippen molar-refractivity contribution in [3.8, 4) is 11.4 Å². The highest BCUT2D eigenvalue weighted by Gasteiger charge is 2.28. The molecule has 1 aliphatic heterocycles. The molecule has 5 nitrogen and oxygen atoms in total. The highest BCUT2D eigenvalue weighted by molar-refractivity contribution is 5.54. The molecule has 1 saturated heterocycles. The molecule has 2 atom stereocenters. The van der Waals surface area contributed by atoms with Gasteiger partial charge in [0.15, 0.2) is 0 Å². The van der Waals surface area contributed by atoms with E-state index < -0.39 is 0 Å². The summed E-state index contributed by atoms with van der Waals surface area (Å²) in [6, 6.07) is 7.94. The van der Waals surface area contributed by atoms with Gasteiger partial charge in [-0.1, -0.05) is 35.0 Å². The Morgan fingerprint density at radius 1 is 1.33 bits per heavy atom. The largest absolute Gasteiger partial charge is 0.392 e. The molecule has 1 fully saturated rings. The highest BCUT2D eigenvalue weighted by atomic mass is 16.5. The van der Waals surface area contributed by atoms with Crippen LogP contribution in [0.25, 0.3) is 11.4 Å². The van der Waals surface area contributed by atoms with Crippen LogP contribution >= 0.6 is 0 Å². The van der Waals surface area contributed by atoms with Crippen LogP contribution in [0.1, 0.15) is 23.9 Å². The quantitative estimate of drug-likeness (QED) is 0.837. The van der Waals surface area contributed by atoms with E-state index in [-0.39, 0.29) is 12.1 Å². The topological polar surface area (TPSA) is 71.2 Å². The maximum atomic E-state index is 9.46. The van der Waals surface area contributed by atoms with E-state index in [0.29, 0.717) is 24.7 Å². The number of nitrogens with one attached hydrogen (secondary N) is 1. The van der Waals surface area contributed by atoms with E-state index in [1.54, 1.807) is 0 Å². The number of rotatable bonds is 2. The minimum absolute atomic E-state index is 0.0355. The second kappa shape index (κ2) is 4.51. The van der Waals surface area contributed by atoms with E-state index in [2.05, 4.69) is 15.5 Å². The molecule has 94 valence electrons. The number of aliphatic hydroxyl groups excluding tert-OH is 1. The summed E-state index contributed by atoms with van der Waals surface area (Å²) in [5.74, 6) is 1.13. The van der Waals surface area contributed by atoms with E-state index in [4.69, 9.17) is 4.52 Å². The zero-order chi connectivity index (χ0) is 12.5. The Morgan fingerprint density at radius 3 is 2.78 bits per heavy atom. The van der Waals surface area contributed by atoms with Crippen LogP contribution in [0.5, 0.6) is 0 Å². The summed E-state index contributed by atoms with van der Waals surface area (Å²) in [7, 11) is 0. The minimum Gasteiger partial charge on any atom is -0.392 e. The Hall–Kier alpha value is -1.72. The Labute approximate surface area is 105 Å². The molecule has 0 aliphatic carbocycles. The van der Waals surface area contributed by atoms with Gasteiger partial charge in [0.25, 0.3) is 0 Å². The second-order valence-corrected chi connectivity index (χ2v) is 4.67. The van der Waals surface area contributed by atoms with Gasteiger partial charge in [-0.25, -0.2) is 0 Å². The number of β-amino-alcohol motifs (C(OH)–C–C–N with tert-alkyl or cyclic N) is 1. The Bertz CT molecular complexity index is 535. The van der Waals surface area contributed by atoms with Crippen molar-refractivity contribution in [2.24, 2.45) is 0 Å². The number of aryl methyl sites for hydroxylation is 1. The summed E-state index contributed by atoms with van der Waals surface area (Å²) >= 11 is 0. The fourth-order valence-electron chi connectivity index (χ4n) is 2.10. The predicted molar refractivity (Wildman–Crippen MR) is 65.8 cm³/mol. The lowest BCUT2D eigenvalue weighted by molar-refractivity contribution is 0.191. The van der Waals surface area contributed by atoms with Crippen molar-refractivity contribution < 1.29 is 9.63 Å². The molecule has 2 aromatic rings. The molecular formula is C13H15N3O2. The van der Waals surface area contributed by atoms with Gasteiger partial charge in [0.1, 0.15) is 0 Å². The van der Waals surface area contributed by atoms with Gasteiger partial charge in [-0.3, -0.25) is 0 Å². The normalized spacial score (nSPS) is 23.4. The molecule has 3 rings (SSSR count). The third kappa shape index (κ3) is 2.14. The van der Waals surface area contributed by atoms with Gasteiger partial charge >= 0.3 is 0 Å². The summed E-state index contributed by atoms with van der Waals surface area (Å²) in [5, 5.41) is 16.6. The SMILES string of the molecule is Cc1ccc(-c2noc([C@@H]3C[C@H](O)CN3)n2)cc1. The third-order valence-corrected chi connectivity index (χ3v) is 3.16. The van der Waals surface area contributed by atoms with Crippen LogP contribution in [0.2, 0.25) is 0 Å². The van der Waals surface area contributed by atoms with Crippen LogP contribution in [-0.4, -0.2) is 27.9 Å². The maximum absolute atomic E-state index is 9.46. The van der Waals surface area contributed by atoms with Crippen LogP contribution < -0.4 is 5.32 Å². The van der Waals surface area contributed by atoms with Crippen molar-refractivity contribution in [3.63, 3.8) is 0 Å². The molecule has 2 heterocycles. The Morgan fingerprint density at radius 2 is 2.11 bits per heavy atom. The van der Waals surface area contributed by atoms with Crippen LogP contribution in [0.4, 0.5) is 0 Å². The third-order valence-electron chi connectivity index (χ3n) is 3.16. The van der Waals surface area contributed by atoms with E-state index in [1.165, 1.54) is 5.56 Å². The molecule has 2 N–H and O–H groups in total. The summed E-state index contributed by atoms with van der Waals surface area (Å²) in [6.45, 7) is 2.61. The van der Waals surface area contributed by atoms with Gasteiger partial charge in [-0.05, 0) is 13.3 Å². The van der Waals surface area contributed by atoms with Crippen molar-refractivity contribution in [2.75, 3.05) is 6.54 Å². The second-order valence-electron chi connectivity index (χ2n) is 4.67. The first kappa shape index (κ1) is 11.4. The van der Waals surface area contributed by atoms with Crippen molar-refractivity contribution >= 4 is 0 Å². The number of hydrogen-bond donors (Lipinski definition) is 2. The average molecular weight is 245 g/mol. The number of nitrogens with zero attached hydrogens (tertiary/aromatic N) is 2. The maximum Gasteiger partial charge on any atom is 0.244 e. The molecule has 18 heavy (non-hydrogen) atoms. The van der Waals surface area contributed by atoms with Crippen molar-refractivity contribution in [1.82, 2.24) is 15.5 Å². The molecule has 5 heteroatoms. The van der Waals surface area contributed by atoms with E-state index in [1.807, 2.05) is 31.2 Å². The first-order valence-corrected chi connectivity index (χ1v) is 6.04. The highest BCUT2D eigenvalue weighted by Crippen LogP contribution is 2.24. The summed E-state index contributed by atoms with van der Waals surface area (Å²) < 4.78 is 5.25. The van der Waals surface area contributed by atoms with Gasteiger partial charge in [-0.2, -0.15) is 4.98 Å². The monoisotopic (exact) mass is 245 g/mol. The average Bonchev–Trinajstić information content (AvgIpc) is 2.98.